The van der Waals surface area contributed by atoms with Crippen LogP contribution in [0.2, 0.25) is 0 Å². The highest BCUT2D eigenvalue weighted by Crippen LogP contribution is 2.55. The first-order chi connectivity index (χ1) is 13.7. The molecule has 3 nitrogen and oxygen atoms in total. The molecular formula is C24H21O3P. The minimum atomic E-state index is -3.36. The van der Waals surface area contributed by atoms with Crippen LogP contribution in [-0.2, 0) is 11.0 Å². The number of hydrogen-bond acceptors (Lipinski definition) is 3. The summed E-state index contributed by atoms with van der Waals surface area (Å²) in [7, 11) is -3.36. The zero-order valence-electron chi connectivity index (χ0n) is 15.7. The first-order valence-electron chi connectivity index (χ1n) is 9.66. The Hall–Kier alpha value is -2.77. The fourth-order valence-electron chi connectivity index (χ4n) is 3.94. The van der Waals surface area contributed by atoms with Crippen molar-refractivity contribution in [1.29, 1.82) is 0 Å². The molecule has 0 radical (unpaired) electrons. The molecule has 0 aliphatic carbocycles. The van der Waals surface area contributed by atoms with Crippen LogP contribution in [0.3, 0.4) is 0 Å². The Bertz CT molecular complexity index is 1150. The standard InChI is InChI=1S/C24H21O3P/c1-2-15-28(25)26-23-19(13-11-17-7-3-5-9-21(17)23)16-20-14-12-18-8-4-6-10-22(18)24(20)27-28/h3-14H,2,15-16H2,1H3. The highest BCUT2D eigenvalue weighted by atomic mass is 31.2. The summed E-state index contributed by atoms with van der Waals surface area (Å²) in [5, 5.41) is 4.10. The van der Waals surface area contributed by atoms with Crippen LogP contribution in [0.1, 0.15) is 24.5 Å². The van der Waals surface area contributed by atoms with E-state index in [4.69, 9.17) is 9.05 Å². The van der Waals surface area contributed by atoms with E-state index in [0.717, 1.165) is 39.1 Å². The summed E-state index contributed by atoms with van der Waals surface area (Å²) in [5.74, 6) is 1.38. The van der Waals surface area contributed by atoms with Gasteiger partial charge in [0.25, 0.3) is 0 Å². The van der Waals surface area contributed by atoms with Crippen molar-refractivity contribution in [3.05, 3.63) is 83.9 Å². The molecule has 0 atom stereocenters. The van der Waals surface area contributed by atoms with Gasteiger partial charge in [0.15, 0.2) is 0 Å². The van der Waals surface area contributed by atoms with Gasteiger partial charge in [-0.25, -0.2) is 4.57 Å². The largest absolute Gasteiger partial charge is 0.430 e. The van der Waals surface area contributed by atoms with Crippen LogP contribution >= 0.6 is 7.60 Å². The third kappa shape index (κ3) is 2.87. The quantitative estimate of drug-likeness (QED) is 0.348. The highest BCUT2D eigenvalue weighted by Gasteiger charge is 2.32. The van der Waals surface area contributed by atoms with E-state index in [1.807, 2.05) is 55.5 Å². The van der Waals surface area contributed by atoms with Crippen LogP contribution in [-0.4, -0.2) is 6.16 Å². The van der Waals surface area contributed by atoms with Gasteiger partial charge in [-0.1, -0.05) is 79.7 Å². The van der Waals surface area contributed by atoms with Gasteiger partial charge in [0.2, 0.25) is 0 Å². The second kappa shape index (κ2) is 6.68. The molecule has 0 saturated heterocycles. The zero-order valence-corrected chi connectivity index (χ0v) is 16.6. The summed E-state index contributed by atoms with van der Waals surface area (Å²) < 4.78 is 26.2. The van der Waals surface area contributed by atoms with Crippen molar-refractivity contribution in [2.45, 2.75) is 19.8 Å². The van der Waals surface area contributed by atoms with E-state index >= 15 is 0 Å². The van der Waals surface area contributed by atoms with Gasteiger partial charge in [-0.3, -0.25) is 0 Å². The van der Waals surface area contributed by atoms with Crippen LogP contribution in [0.5, 0.6) is 11.5 Å². The highest BCUT2D eigenvalue weighted by molar-refractivity contribution is 7.54. The van der Waals surface area contributed by atoms with Crippen molar-refractivity contribution in [3.63, 3.8) is 0 Å². The van der Waals surface area contributed by atoms with Gasteiger partial charge >= 0.3 is 7.60 Å². The number of fused-ring (bicyclic) bond motifs is 6. The van der Waals surface area contributed by atoms with Gasteiger partial charge in [0.05, 0.1) is 6.16 Å². The molecule has 0 spiro atoms. The van der Waals surface area contributed by atoms with E-state index in [1.165, 1.54) is 0 Å². The second-order valence-corrected chi connectivity index (χ2v) is 9.28. The lowest BCUT2D eigenvalue weighted by Crippen LogP contribution is -2.11. The van der Waals surface area contributed by atoms with E-state index in [0.29, 0.717) is 24.1 Å². The van der Waals surface area contributed by atoms with Crippen LogP contribution in [0, 0.1) is 0 Å². The van der Waals surface area contributed by atoms with Crippen molar-refractivity contribution in [2.24, 2.45) is 0 Å². The molecule has 28 heavy (non-hydrogen) atoms. The molecule has 1 aliphatic rings. The van der Waals surface area contributed by atoms with Crippen LogP contribution < -0.4 is 9.05 Å². The lowest BCUT2D eigenvalue weighted by Gasteiger charge is -2.27. The maximum absolute atomic E-state index is 13.8. The molecule has 0 unspecified atom stereocenters. The average molecular weight is 388 g/mol. The molecule has 1 heterocycles. The summed E-state index contributed by atoms with van der Waals surface area (Å²) in [5.41, 5.74) is 2.07. The van der Waals surface area contributed by atoms with Gasteiger partial charge < -0.3 is 9.05 Å². The van der Waals surface area contributed by atoms with Gasteiger partial charge in [-0.2, -0.15) is 0 Å². The summed E-state index contributed by atoms with van der Waals surface area (Å²) in [6.07, 6.45) is 1.77. The topological polar surface area (TPSA) is 35.5 Å². The van der Waals surface area contributed by atoms with Crippen LogP contribution in [0.4, 0.5) is 0 Å². The molecule has 0 aromatic heterocycles. The molecule has 5 rings (SSSR count). The molecule has 4 aromatic rings. The van der Waals surface area contributed by atoms with E-state index in [-0.39, 0.29) is 0 Å². The molecule has 0 fully saturated rings. The minimum Gasteiger partial charge on any atom is -0.415 e. The first kappa shape index (κ1) is 17.3. The Morgan fingerprint density at radius 3 is 1.75 bits per heavy atom. The summed E-state index contributed by atoms with van der Waals surface area (Å²) >= 11 is 0. The van der Waals surface area contributed by atoms with Crippen molar-refractivity contribution >= 4 is 29.1 Å². The Morgan fingerprint density at radius 1 is 0.750 bits per heavy atom. The first-order valence-corrected chi connectivity index (χ1v) is 11.4. The normalized spacial score (nSPS) is 15.0. The molecule has 0 bridgehead atoms. The molecule has 1 aliphatic heterocycles. The SMILES string of the molecule is CCCP1(=O)Oc2c(ccc3ccccc23)Cc2ccc3ccccc3c2O1. The molecule has 4 heteroatoms. The minimum absolute atomic E-state index is 0.373. The monoisotopic (exact) mass is 388 g/mol. The lowest BCUT2D eigenvalue weighted by atomic mass is 9.97. The summed E-state index contributed by atoms with van der Waals surface area (Å²) in [4.78, 5) is 0. The van der Waals surface area contributed by atoms with E-state index in [2.05, 4.69) is 24.3 Å². The molecule has 0 amide bonds. The molecular weight excluding hydrogens is 367 g/mol. The molecule has 4 aromatic carbocycles. The van der Waals surface area contributed by atoms with Crippen molar-refractivity contribution in [1.82, 2.24) is 0 Å². The van der Waals surface area contributed by atoms with Crippen molar-refractivity contribution in [2.75, 3.05) is 6.16 Å². The Morgan fingerprint density at radius 2 is 1.25 bits per heavy atom. The van der Waals surface area contributed by atoms with Gasteiger partial charge in [0.1, 0.15) is 11.5 Å². The molecule has 0 N–H and O–H groups in total. The van der Waals surface area contributed by atoms with Crippen molar-refractivity contribution in [3.8, 4) is 11.5 Å². The number of hydrogen-bond donors (Lipinski definition) is 0. The Kier molecular flexibility index (Phi) is 4.14. The predicted molar refractivity (Wildman–Crippen MR) is 115 cm³/mol. The van der Waals surface area contributed by atoms with Crippen LogP contribution in [0.15, 0.2) is 72.8 Å². The van der Waals surface area contributed by atoms with E-state index < -0.39 is 7.60 Å². The maximum atomic E-state index is 13.8. The fraction of sp³-hybridized carbons (Fsp3) is 0.167. The Balaban J connectivity index is 1.79. The van der Waals surface area contributed by atoms with E-state index in [9.17, 15) is 4.57 Å². The fourth-order valence-corrected chi connectivity index (χ4v) is 5.69. The average Bonchev–Trinajstić information content (AvgIpc) is 2.70. The lowest BCUT2D eigenvalue weighted by molar-refractivity contribution is 0.382. The summed E-state index contributed by atoms with van der Waals surface area (Å²) in [6, 6.07) is 24.5. The Labute approximate surface area is 164 Å². The number of rotatable bonds is 2. The third-order valence-corrected chi connectivity index (χ3v) is 7.18. The predicted octanol–water partition coefficient (Wildman–Crippen LogP) is 6.96. The third-order valence-electron chi connectivity index (χ3n) is 5.26. The molecule has 0 saturated carbocycles. The maximum Gasteiger partial charge on any atom is 0.430 e. The van der Waals surface area contributed by atoms with Crippen LogP contribution in [0.25, 0.3) is 21.5 Å². The van der Waals surface area contributed by atoms with Gasteiger partial charge in [0, 0.05) is 17.2 Å². The number of benzene rings is 4. The smallest absolute Gasteiger partial charge is 0.415 e. The van der Waals surface area contributed by atoms with Gasteiger partial charge in [-0.15, -0.1) is 0 Å². The molecule has 140 valence electrons. The zero-order chi connectivity index (χ0) is 19.1. The summed E-state index contributed by atoms with van der Waals surface area (Å²) in [6.45, 7) is 2.00. The second-order valence-electron chi connectivity index (χ2n) is 7.24. The van der Waals surface area contributed by atoms with Gasteiger partial charge in [-0.05, 0) is 28.3 Å². The van der Waals surface area contributed by atoms with Crippen molar-refractivity contribution < 1.29 is 13.6 Å². The van der Waals surface area contributed by atoms with E-state index in [1.54, 1.807) is 0 Å².